The van der Waals surface area contributed by atoms with E-state index in [0.717, 1.165) is 44.0 Å². The van der Waals surface area contributed by atoms with Crippen molar-refractivity contribution in [2.75, 3.05) is 32.8 Å². The van der Waals surface area contributed by atoms with Crippen molar-refractivity contribution in [2.45, 2.75) is 32.0 Å². The fraction of sp³-hybridized carbons (Fsp3) is 0.550. The van der Waals surface area contributed by atoms with Crippen molar-refractivity contribution in [1.29, 1.82) is 0 Å². The molecule has 2 fully saturated rings. The van der Waals surface area contributed by atoms with Crippen LogP contribution >= 0.6 is 0 Å². The number of ether oxygens (including phenoxy) is 1. The number of imide groups is 1. The summed E-state index contributed by atoms with van der Waals surface area (Å²) in [5.41, 5.74) is 2.57. The molecule has 150 valence electrons. The van der Waals surface area contributed by atoms with Crippen molar-refractivity contribution in [2.24, 2.45) is 5.92 Å². The Morgan fingerprint density at radius 3 is 3.00 bits per heavy atom. The number of piperidine rings is 1. The van der Waals surface area contributed by atoms with Crippen molar-refractivity contribution >= 4 is 17.7 Å². The van der Waals surface area contributed by atoms with Gasteiger partial charge in [0.25, 0.3) is 5.91 Å². The van der Waals surface area contributed by atoms with E-state index in [-0.39, 0.29) is 24.1 Å². The Kier molecular flexibility index (Phi) is 5.70. The second-order valence-corrected chi connectivity index (χ2v) is 7.63. The molecule has 3 N–H and O–H groups in total. The molecule has 2 saturated heterocycles. The van der Waals surface area contributed by atoms with Crippen LogP contribution in [0.2, 0.25) is 0 Å². The number of benzene rings is 1. The minimum absolute atomic E-state index is 0.124. The lowest BCUT2D eigenvalue weighted by Crippen LogP contribution is -2.52. The molecule has 3 aliphatic rings. The predicted molar refractivity (Wildman–Crippen MR) is 101 cm³/mol. The average molecular weight is 386 g/mol. The lowest BCUT2D eigenvalue weighted by atomic mass is 10.0. The van der Waals surface area contributed by atoms with E-state index in [1.54, 1.807) is 4.90 Å². The summed E-state index contributed by atoms with van der Waals surface area (Å²) < 4.78 is 5.57. The number of hydrogen-bond donors (Lipinski definition) is 3. The van der Waals surface area contributed by atoms with E-state index in [0.29, 0.717) is 31.0 Å². The zero-order chi connectivity index (χ0) is 19.5. The smallest absolute Gasteiger partial charge is 0.255 e. The van der Waals surface area contributed by atoms with Gasteiger partial charge in [0.05, 0.1) is 13.2 Å². The topological polar surface area (TPSA) is 99.8 Å². The van der Waals surface area contributed by atoms with E-state index in [1.165, 1.54) is 0 Å². The molecule has 8 nitrogen and oxygen atoms in total. The highest BCUT2D eigenvalue weighted by Crippen LogP contribution is 2.29. The molecule has 1 aromatic carbocycles. The van der Waals surface area contributed by atoms with Gasteiger partial charge in [-0.05, 0) is 17.5 Å². The number of carbonyl (C=O) groups excluding carboxylic acids is 3. The largest absolute Gasteiger partial charge is 0.380 e. The summed E-state index contributed by atoms with van der Waals surface area (Å²) in [6.45, 7) is 5.09. The third-order valence-corrected chi connectivity index (χ3v) is 5.60. The lowest BCUT2D eigenvalue weighted by molar-refractivity contribution is -0.136. The standard InChI is InChI=1S/C20H26N4O4/c25-17-5-4-16(19(26)23-17)24-11-15-3-1-2-14(18(15)20(24)27)10-22-9-13-8-21-6-7-28-12-13/h1-3,13,16,21-22H,4-12H2,(H,23,25,26). The molecule has 8 heteroatoms. The van der Waals surface area contributed by atoms with Gasteiger partial charge in [-0.2, -0.15) is 0 Å². The van der Waals surface area contributed by atoms with Gasteiger partial charge in [-0.1, -0.05) is 18.2 Å². The van der Waals surface area contributed by atoms with Crippen LogP contribution in [0.25, 0.3) is 0 Å². The molecule has 1 aromatic rings. The predicted octanol–water partition coefficient (Wildman–Crippen LogP) is -0.227. The Balaban J connectivity index is 1.41. The van der Waals surface area contributed by atoms with E-state index >= 15 is 0 Å². The van der Waals surface area contributed by atoms with E-state index in [9.17, 15) is 14.4 Å². The first-order valence-corrected chi connectivity index (χ1v) is 9.88. The number of hydrogen-bond acceptors (Lipinski definition) is 6. The highest BCUT2D eigenvalue weighted by Gasteiger charge is 2.39. The van der Waals surface area contributed by atoms with Crippen LogP contribution in [0.15, 0.2) is 18.2 Å². The van der Waals surface area contributed by atoms with Crippen molar-refractivity contribution in [3.8, 4) is 0 Å². The highest BCUT2D eigenvalue weighted by atomic mass is 16.5. The quantitative estimate of drug-likeness (QED) is 0.605. The number of nitrogens with one attached hydrogen (secondary N) is 3. The van der Waals surface area contributed by atoms with E-state index in [2.05, 4.69) is 16.0 Å². The van der Waals surface area contributed by atoms with Crippen LogP contribution in [0.1, 0.15) is 34.3 Å². The fourth-order valence-electron chi connectivity index (χ4n) is 4.14. The molecule has 2 atom stereocenters. The maximum Gasteiger partial charge on any atom is 0.255 e. The maximum atomic E-state index is 13.1. The molecule has 0 aliphatic carbocycles. The van der Waals surface area contributed by atoms with Crippen LogP contribution in [0.4, 0.5) is 0 Å². The van der Waals surface area contributed by atoms with Crippen molar-refractivity contribution in [3.63, 3.8) is 0 Å². The number of nitrogens with zero attached hydrogens (tertiary/aromatic N) is 1. The normalized spacial score (nSPS) is 25.4. The zero-order valence-corrected chi connectivity index (χ0v) is 15.8. The summed E-state index contributed by atoms with van der Waals surface area (Å²) in [6.07, 6.45) is 0.648. The molecule has 4 rings (SSSR count). The van der Waals surface area contributed by atoms with Crippen LogP contribution in [-0.4, -0.2) is 61.5 Å². The Morgan fingerprint density at radius 1 is 1.25 bits per heavy atom. The average Bonchev–Trinajstić information content (AvgIpc) is 2.84. The van der Waals surface area contributed by atoms with Gasteiger partial charge in [0.15, 0.2) is 0 Å². The maximum absolute atomic E-state index is 13.1. The Hall–Kier alpha value is -2.29. The summed E-state index contributed by atoms with van der Waals surface area (Å²) >= 11 is 0. The van der Waals surface area contributed by atoms with Gasteiger partial charge in [-0.15, -0.1) is 0 Å². The fourth-order valence-corrected chi connectivity index (χ4v) is 4.14. The Bertz CT molecular complexity index is 773. The van der Waals surface area contributed by atoms with Crippen LogP contribution in [0.5, 0.6) is 0 Å². The number of amides is 3. The molecule has 2 unspecified atom stereocenters. The first kappa shape index (κ1) is 19.0. The molecule has 0 radical (unpaired) electrons. The van der Waals surface area contributed by atoms with Gasteiger partial charge in [0, 0.05) is 50.6 Å². The molecule has 0 bridgehead atoms. The molecular weight excluding hydrogens is 360 g/mol. The summed E-state index contributed by atoms with van der Waals surface area (Å²) in [7, 11) is 0. The first-order chi connectivity index (χ1) is 13.6. The number of carbonyl (C=O) groups is 3. The number of fused-ring (bicyclic) bond motifs is 1. The van der Waals surface area contributed by atoms with Crippen molar-refractivity contribution < 1.29 is 19.1 Å². The highest BCUT2D eigenvalue weighted by molar-refractivity contribution is 6.05. The second-order valence-electron chi connectivity index (χ2n) is 7.63. The van der Waals surface area contributed by atoms with Gasteiger partial charge < -0.3 is 20.3 Å². The third-order valence-electron chi connectivity index (χ3n) is 5.60. The van der Waals surface area contributed by atoms with E-state index in [1.807, 2.05) is 18.2 Å². The summed E-state index contributed by atoms with van der Waals surface area (Å²) in [6, 6.07) is 5.27. The Labute approximate surface area is 164 Å². The third kappa shape index (κ3) is 3.94. The van der Waals surface area contributed by atoms with Crippen LogP contribution in [-0.2, 0) is 27.4 Å². The van der Waals surface area contributed by atoms with Gasteiger partial charge in [-0.25, -0.2) is 0 Å². The summed E-state index contributed by atoms with van der Waals surface area (Å²) in [5.74, 6) is -0.374. The molecule has 3 heterocycles. The molecular formula is C20H26N4O4. The molecule has 0 aromatic heterocycles. The lowest BCUT2D eigenvalue weighted by Gasteiger charge is -2.29. The van der Waals surface area contributed by atoms with Crippen molar-refractivity contribution in [1.82, 2.24) is 20.9 Å². The SMILES string of the molecule is O=C1CCC(N2Cc3cccc(CNCC4CNCCOC4)c3C2=O)C(=O)N1. The van der Waals surface area contributed by atoms with Crippen molar-refractivity contribution in [3.05, 3.63) is 34.9 Å². The monoisotopic (exact) mass is 386 g/mol. The van der Waals surface area contributed by atoms with Crippen LogP contribution in [0, 0.1) is 5.92 Å². The van der Waals surface area contributed by atoms with Gasteiger partial charge in [-0.3, -0.25) is 19.7 Å². The minimum Gasteiger partial charge on any atom is -0.380 e. The molecule has 3 amide bonds. The Morgan fingerprint density at radius 2 is 2.14 bits per heavy atom. The number of rotatable bonds is 5. The first-order valence-electron chi connectivity index (χ1n) is 9.88. The van der Waals surface area contributed by atoms with Crippen LogP contribution in [0.3, 0.4) is 0 Å². The zero-order valence-electron chi connectivity index (χ0n) is 15.8. The van der Waals surface area contributed by atoms with E-state index < -0.39 is 6.04 Å². The molecule has 28 heavy (non-hydrogen) atoms. The minimum atomic E-state index is -0.576. The van der Waals surface area contributed by atoms with Gasteiger partial charge >= 0.3 is 0 Å². The van der Waals surface area contributed by atoms with Gasteiger partial charge in [0.1, 0.15) is 6.04 Å². The summed E-state index contributed by atoms with van der Waals surface area (Å²) in [4.78, 5) is 38.2. The van der Waals surface area contributed by atoms with E-state index in [4.69, 9.17) is 4.74 Å². The van der Waals surface area contributed by atoms with Gasteiger partial charge in [0.2, 0.25) is 11.8 Å². The second kappa shape index (κ2) is 8.38. The molecule has 0 saturated carbocycles. The summed E-state index contributed by atoms with van der Waals surface area (Å²) in [5, 5.41) is 9.14. The molecule has 3 aliphatic heterocycles. The van der Waals surface area contributed by atoms with Crippen LogP contribution < -0.4 is 16.0 Å². The molecule has 0 spiro atoms.